The number of rotatable bonds is 0. The van der Waals surface area contributed by atoms with E-state index in [1.54, 1.807) is 6.92 Å². The highest BCUT2D eigenvalue weighted by Gasteiger charge is 2.28. The van der Waals surface area contributed by atoms with E-state index in [2.05, 4.69) is 0 Å². The van der Waals surface area contributed by atoms with Crippen LogP contribution in [-0.4, -0.2) is 18.9 Å². The van der Waals surface area contributed by atoms with Crippen LogP contribution in [0, 0.1) is 0 Å². The molecule has 0 aromatic heterocycles. The summed E-state index contributed by atoms with van der Waals surface area (Å²) in [6.07, 6.45) is 0.562. The summed E-state index contributed by atoms with van der Waals surface area (Å²) >= 11 is 0. The second-order valence-corrected chi connectivity index (χ2v) is 2.22. The Labute approximate surface area is 42.5 Å². The van der Waals surface area contributed by atoms with E-state index in [9.17, 15) is 4.39 Å². The monoisotopic (exact) mass is 104 g/mol. The average molecular weight is 104 g/mol. The minimum atomic E-state index is -1.03. The lowest BCUT2D eigenvalue weighted by Crippen LogP contribution is -2.15. The van der Waals surface area contributed by atoms with Crippen LogP contribution in [0.2, 0.25) is 0 Å². The third-order valence-electron chi connectivity index (χ3n) is 1.17. The summed E-state index contributed by atoms with van der Waals surface area (Å²) in [7, 11) is 0. The van der Waals surface area contributed by atoms with E-state index >= 15 is 0 Å². The molecular formula is C5H9FO. The fraction of sp³-hybridized carbons (Fsp3) is 1.00. The van der Waals surface area contributed by atoms with Gasteiger partial charge in [0.25, 0.3) is 0 Å². The number of hydrogen-bond donors (Lipinski definition) is 0. The Morgan fingerprint density at radius 3 is 2.57 bits per heavy atom. The van der Waals surface area contributed by atoms with E-state index in [-0.39, 0.29) is 6.61 Å². The molecule has 7 heavy (non-hydrogen) atoms. The normalized spacial score (nSPS) is 42.0. The van der Waals surface area contributed by atoms with Gasteiger partial charge in [-0.25, -0.2) is 4.39 Å². The predicted molar refractivity (Wildman–Crippen MR) is 24.9 cm³/mol. The molecule has 1 aliphatic rings. The number of alkyl halides is 1. The van der Waals surface area contributed by atoms with Gasteiger partial charge in [-0.3, -0.25) is 0 Å². The Balaban J connectivity index is 2.40. The molecule has 0 saturated carbocycles. The Morgan fingerprint density at radius 2 is 2.43 bits per heavy atom. The van der Waals surface area contributed by atoms with E-state index in [0.717, 1.165) is 0 Å². The van der Waals surface area contributed by atoms with E-state index in [1.165, 1.54) is 0 Å². The van der Waals surface area contributed by atoms with Gasteiger partial charge in [0.05, 0.1) is 6.61 Å². The van der Waals surface area contributed by atoms with Crippen molar-refractivity contribution in [2.75, 3.05) is 13.2 Å². The lowest BCUT2D eigenvalue weighted by Gasteiger charge is -2.06. The lowest BCUT2D eigenvalue weighted by molar-refractivity contribution is 0.126. The molecule has 1 fully saturated rings. The molecule has 0 radical (unpaired) electrons. The molecule has 1 nitrogen and oxygen atoms in total. The van der Waals surface area contributed by atoms with Crippen LogP contribution in [0.15, 0.2) is 0 Å². The molecule has 1 unspecified atom stereocenters. The van der Waals surface area contributed by atoms with E-state index in [1.807, 2.05) is 0 Å². The number of halogens is 1. The Bertz CT molecular complexity index is 62.5. The number of hydrogen-bond acceptors (Lipinski definition) is 1. The second-order valence-electron chi connectivity index (χ2n) is 2.22. The molecule has 0 aromatic rings. The first kappa shape index (κ1) is 5.04. The molecule has 1 saturated heterocycles. The van der Waals surface area contributed by atoms with Crippen LogP contribution in [0.3, 0.4) is 0 Å². The summed E-state index contributed by atoms with van der Waals surface area (Å²) in [5.74, 6) is 0. The standard InChI is InChI=1S/C5H9FO/c1-5(6)2-3-7-4-5/h2-4H2,1H3. The topological polar surface area (TPSA) is 9.23 Å². The van der Waals surface area contributed by atoms with Crippen molar-refractivity contribution < 1.29 is 9.13 Å². The van der Waals surface area contributed by atoms with Gasteiger partial charge in [0.15, 0.2) is 0 Å². The molecule has 0 aliphatic carbocycles. The molecule has 0 N–H and O–H groups in total. The lowest BCUT2D eigenvalue weighted by atomic mass is 10.1. The van der Waals surface area contributed by atoms with Crippen LogP contribution >= 0.6 is 0 Å². The molecule has 0 spiro atoms. The molecule has 0 aromatic carbocycles. The summed E-state index contributed by atoms with van der Waals surface area (Å²) in [5, 5.41) is 0. The number of ether oxygens (including phenoxy) is 1. The van der Waals surface area contributed by atoms with Crippen LogP contribution in [0.1, 0.15) is 13.3 Å². The minimum Gasteiger partial charge on any atom is -0.378 e. The fourth-order valence-electron chi connectivity index (χ4n) is 0.642. The van der Waals surface area contributed by atoms with Crippen molar-refractivity contribution in [3.8, 4) is 0 Å². The third-order valence-corrected chi connectivity index (χ3v) is 1.17. The smallest absolute Gasteiger partial charge is 0.133 e. The first-order valence-electron chi connectivity index (χ1n) is 2.47. The molecule has 0 bridgehead atoms. The van der Waals surface area contributed by atoms with Crippen LogP contribution in [-0.2, 0) is 4.74 Å². The van der Waals surface area contributed by atoms with E-state index in [4.69, 9.17) is 4.74 Å². The van der Waals surface area contributed by atoms with Crippen molar-refractivity contribution in [1.82, 2.24) is 0 Å². The maximum Gasteiger partial charge on any atom is 0.133 e. The van der Waals surface area contributed by atoms with Gasteiger partial charge in [-0.1, -0.05) is 0 Å². The van der Waals surface area contributed by atoms with Crippen molar-refractivity contribution in [3.05, 3.63) is 0 Å². The molecular weight excluding hydrogens is 95.1 g/mol. The van der Waals surface area contributed by atoms with Gasteiger partial charge >= 0.3 is 0 Å². The zero-order valence-electron chi connectivity index (χ0n) is 4.41. The first-order valence-corrected chi connectivity index (χ1v) is 2.47. The Kier molecular flexibility index (Phi) is 1.04. The molecule has 0 amide bonds. The maximum atomic E-state index is 12.5. The van der Waals surface area contributed by atoms with Gasteiger partial charge in [-0.15, -0.1) is 0 Å². The van der Waals surface area contributed by atoms with Crippen molar-refractivity contribution in [2.45, 2.75) is 19.0 Å². The minimum absolute atomic E-state index is 0.285. The SMILES string of the molecule is CC1(F)CCOC1. The average Bonchev–Trinajstić information content (AvgIpc) is 1.84. The van der Waals surface area contributed by atoms with Crippen molar-refractivity contribution >= 4 is 0 Å². The molecule has 1 atom stereocenters. The molecule has 1 aliphatic heterocycles. The second kappa shape index (κ2) is 1.44. The van der Waals surface area contributed by atoms with Crippen molar-refractivity contribution in [1.29, 1.82) is 0 Å². The largest absolute Gasteiger partial charge is 0.378 e. The summed E-state index contributed by atoms with van der Waals surface area (Å²) < 4.78 is 17.3. The van der Waals surface area contributed by atoms with Crippen LogP contribution in [0.4, 0.5) is 4.39 Å². The van der Waals surface area contributed by atoms with E-state index < -0.39 is 5.67 Å². The van der Waals surface area contributed by atoms with Crippen LogP contribution in [0.5, 0.6) is 0 Å². The third kappa shape index (κ3) is 1.13. The fourth-order valence-corrected chi connectivity index (χ4v) is 0.642. The van der Waals surface area contributed by atoms with Crippen LogP contribution in [0.25, 0.3) is 0 Å². The van der Waals surface area contributed by atoms with Gasteiger partial charge in [0.2, 0.25) is 0 Å². The highest BCUT2D eigenvalue weighted by Crippen LogP contribution is 2.21. The summed E-state index contributed by atoms with van der Waals surface area (Å²) in [6, 6.07) is 0. The van der Waals surface area contributed by atoms with Gasteiger partial charge in [-0.2, -0.15) is 0 Å². The first-order chi connectivity index (χ1) is 3.21. The van der Waals surface area contributed by atoms with Crippen LogP contribution < -0.4 is 0 Å². The summed E-state index contributed by atoms with van der Waals surface area (Å²) in [4.78, 5) is 0. The Morgan fingerprint density at radius 1 is 1.71 bits per heavy atom. The highest BCUT2D eigenvalue weighted by molar-refractivity contribution is 4.76. The van der Waals surface area contributed by atoms with Crippen molar-refractivity contribution in [3.63, 3.8) is 0 Å². The summed E-state index contributed by atoms with van der Waals surface area (Å²) in [6.45, 7) is 2.44. The summed E-state index contributed by atoms with van der Waals surface area (Å²) in [5.41, 5.74) is -1.03. The highest BCUT2D eigenvalue weighted by atomic mass is 19.1. The molecule has 2 heteroatoms. The predicted octanol–water partition coefficient (Wildman–Crippen LogP) is 1.13. The molecule has 1 heterocycles. The quantitative estimate of drug-likeness (QED) is 0.447. The molecule has 42 valence electrons. The van der Waals surface area contributed by atoms with Gasteiger partial charge in [0, 0.05) is 13.0 Å². The maximum absolute atomic E-state index is 12.5. The van der Waals surface area contributed by atoms with Gasteiger partial charge in [0.1, 0.15) is 5.67 Å². The zero-order chi connectivity index (χ0) is 5.33. The van der Waals surface area contributed by atoms with Gasteiger partial charge < -0.3 is 4.74 Å². The molecule has 1 rings (SSSR count). The van der Waals surface area contributed by atoms with Crippen molar-refractivity contribution in [2.24, 2.45) is 0 Å². The van der Waals surface area contributed by atoms with Gasteiger partial charge in [-0.05, 0) is 6.92 Å². The zero-order valence-corrected chi connectivity index (χ0v) is 4.41. The van der Waals surface area contributed by atoms with E-state index in [0.29, 0.717) is 13.0 Å². The Hall–Kier alpha value is -0.110.